The van der Waals surface area contributed by atoms with Crippen molar-refractivity contribution < 1.29 is 5.11 Å². The van der Waals surface area contributed by atoms with E-state index in [0.29, 0.717) is 0 Å². The zero-order valence-corrected chi connectivity index (χ0v) is 8.08. The number of β-amino-alcohol motifs (C(OH)–C–C–N with tert-alkyl or cyclic N) is 1. The smallest absolute Gasteiger partial charge is 0.0758 e. The standard InChI is InChI=1S/C10H19NO/c1-8-5-9(6-8)11-4-3-10(2,12)7-11/h8-9,12H,3-7H2,1-2H3. The Hall–Kier alpha value is -0.0800. The molecule has 2 nitrogen and oxygen atoms in total. The van der Waals surface area contributed by atoms with Gasteiger partial charge in [-0.1, -0.05) is 6.92 Å². The zero-order chi connectivity index (χ0) is 8.77. The Balaban J connectivity index is 1.84. The lowest BCUT2D eigenvalue weighted by molar-refractivity contribution is 0.0426. The van der Waals surface area contributed by atoms with Gasteiger partial charge in [0.05, 0.1) is 5.60 Å². The number of aliphatic hydroxyl groups is 1. The highest BCUT2D eigenvalue weighted by Gasteiger charge is 2.38. The van der Waals surface area contributed by atoms with Crippen LogP contribution >= 0.6 is 0 Å². The topological polar surface area (TPSA) is 23.5 Å². The first kappa shape index (κ1) is 8.52. The Morgan fingerprint density at radius 2 is 2.08 bits per heavy atom. The molecule has 0 aromatic rings. The van der Waals surface area contributed by atoms with E-state index in [9.17, 15) is 5.11 Å². The highest BCUT2D eigenvalue weighted by Crippen LogP contribution is 2.35. The van der Waals surface area contributed by atoms with Crippen molar-refractivity contribution in [3.05, 3.63) is 0 Å². The van der Waals surface area contributed by atoms with Gasteiger partial charge in [-0.05, 0) is 32.1 Å². The minimum atomic E-state index is -0.404. The molecule has 1 saturated carbocycles. The summed E-state index contributed by atoms with van der Waals surface area (Å²) < 4.78 is 0. The Labute approximate surface area is 74.6 Å². The van der Waals surface area contributed by atoms with E-state index in [2.05, 4.69) is 11.8 Å². The van der Waals surface area contributed by atoms with E-state index in [4.69, 9.17) is 0 Å². The highest BCUT2D eigenvalue weighted by atomic mass is 16.3. The van der Waals surface area contributed by atoms with Gasteiger partial charge in [-0.3, -0.25) is 4.90 Å². The molecule has 0 spiro atoms. The van der Waals surface area contributed by atoms with Gasteiger partial charge >= 0.3 is 0 Å². The number of likely N-dealkylation sites (tertiary alicyclic amines) is 1. The highest BCUT2D eigenvalue weighted by molar-refractivity contribution is 4.93. The summed E-state index contributed by atoms with van der Waals surface area (Å²) in [6, 6.07) is 0.786. The minimum Gasteiger partial charge on any atom is -0.389 e. The van der Waals surface area contributed by atoms with Crippen LogP contribution in [0, 0.1) is 5.92 Å². The van der Waals surface area contributed by atoms with Gasteiger partial charge in [0.15, 0.2) is 0 Å². The van der Waals surface area contributed by atoms with Crippen LogP contribution in [0.5, 0.6) is 0 Å². The third-order valence-corrected chi connectivity index (χ3v) is 3.35. The molecule has 1 N–H and O–H groups in total. The molecule has 2 fully saturated rings. The molecule has 0 radical (unpaired) electrons. The van der Waals surface area contributed by atoms with Crippen LogP contribution < -0.4 is 0 Å². The van der Waals surface area contributed by atoms with Crippen LogP contribution in [0.15, 0.2) is 0 Å². The number of nitrogens with zero attached hydrogens (tertiary/aromatic N) is 1. The second-order valence-corrected chi connectivity index (χ2v) is 4.95. The van der Waals surface area contributed by atoms with Gasteiger partial charge in [0, 0.05) is 19.1 Å². The first-order valence-electron chi connectivity index (χ1n) is 5.03. The predicted molar refractivity (Wildman–Crippen MR) is 49.0 cm³/mol. The second kappa shape index (κ2) is 2.71. The molecule has 0 aromatic carbocycles. The molecule has 0 amide bonds. The largest absolute Gasteiger partial charge is 0.389 e. The van der Waals surface area contributed by atoms with Crippen LogP contribution in [0.3, 0.4) is 0 Å². The maximum absolute atomic E-state index is 9.76. The van der Waals surface area contributed by atoms with Crippen LogP contribution in [0.1, 0.15) is 33.1 Å². The van der Waals surface area contributed by atoms with Gasteiger partial charge in [-0.15, -0.1) is 0 Å². The lowest BCUT2D eigenvalue weighted by Crippen LogP contribution is -2.44. The van der Waals surface area contributed by atoms with Crippen LogP contribution in [0.2, 0.25) is 0 Å². The van der Waals surface area contributed by atoms with Crippen LogP contribution in [0.25, 0.3) is 0 Å². The molecule has 70 valence electrons. The molecular formula is C10H19NO. The molecule has 1 unspecified atom stereocenters. The molecule has 1 atom stereocenters. The van der Waals surface area contributed by atoms with E-state index in [1.165, 1.54) is 12.8 Å². The quantitative estimate of drug-likeness (QED) is 0.638. The minimum absolute atomic E-state index is 0.404. The molecule has 1 heterocycles. The SMILES string of the molecule is CC1CC(N2CCC(C)(O)C2)C1. The second-order valence-electron chi connectivity index (χ2n) is 4.95. The van der Waals surface area contributed by atoms with Crippen molar-refractivity contribution in [1.82, 2.24) is 4.90 Å². The average molecular weight is 169 g/mol. The molecule has 2 heteroatoms. The van der Waals surface area contributed by atoms with Gasteiger partial charge < -0.3 is 5.11 Å². The average Bonchev–Trinajstić information content (AvgIpc) is 2.23. The summed E-state index contributed by atoms with van der Waals surface area (Å²) in [5.41, 5.74) is -0.404. The summed E-state index contributed by atoms with van der Waals surface area (Å²) in [7, 11) is 0. The molecule has 2 aliphatic rings. The predicted octanol–water partition coefficient (Wildman–Crippen LogP) is 1.24. The monoisotopic (exact) mass is 169 g/mol. The van der Waals surface area contributed by atoms with E-state index in [0.717, 1.165) is 31.5 Å². The maximum atomic E-state index is 9.76. The van der Waals surface area contributed by atoms with Crippen molar-refractivity contribution in [3.8, 4) is 0 Å². The summed E-state index contributed by atoms with van der Waals surface area (Å²) in [5, 5.41) is 9.76. The number of hydrogen-bond acceptors (Lipinski definition) is 2. The van der Waals surface area contributed by atoms with Crippen LogP contribution in [-0.2, 0) is 0 Å². The molecule has 1 aliphatic heterocycles. The van der Waals surface area contributed by atoms with Crippen LogP contribution in [0.4, 0.5) is 0 Å². The molecule has 1 aliphatic carbocycles. The number of hydrogen-bond donors (Lipinski definition) is 1. The fourth-order valence-corrected chi connectivity index (χ4v) is 2.45. The molecular weight excluding hydrogens is 150 g/mol. The molecule has 0 aromatic heterocycles. The summed E-state index contributed by atoms with van der Waals surface area (Å²) in [6.07, 6.45) is 3.64. The van der Waals surface area contributed by atoms with Crippen molar-refractivity contribution >= 4 is 0 Å². The maximum Gasteiger partial charge on any atom is 0.0758 e. The first-order valence-corrected chi connectivity index (χ1v) is 5.03. The van der Waals surface area contributed by atoms with E-state index >= 15 is 0 Å². The van der Waals surface area contributed by atoms with Crippen molar-refractivity contribution in [3.63, 3.8) is 0 Å². The van der Waals surface area contributed by atoms with Gasteiger partial charge in [0.2, 0.25) is 0 Å². The van der Waals surface area contributed by atoms with Crippen molar-refractivity contribution in [1.29, 1.82) is 0 Å². The molecule has 0 bridgehead atoms. The zero-order valence-electron chi connectivity index (χ0n) is 8.08. The van der Waals surface area contributed by atoms with Gasteiger partial charge in [0.1, 0.15) is 0 Å². The van der Waals surface area contributed by atoms with E-state index < -0.39 is 5.60 Å². The molecule has 2 rings (SSSR count). The molecule has 12 heavy (non-hydrogen) atoms. The Morgan fingerprint density at radius 1 is 1.42 bits per heavy atom. The fraction of sp³-hybridized carbons (Fsp3) is 1.00. The van der Waals surface area contributed by atoms with Crippen molar-refractivity contribution in [2.24, 2.45) is 5.92 Å². The van der Waals surface area contributed by atoms with Gasteiger partial charge in [-0.2, -0.15) is 0 Å². The Morgan fingerprint density at radius 3 is 2.50 bits per heavy atom. The van der Waals surface area contributed by atoms with Crippen molar-refractivity contribution in [2.75, 3.05) is 13.1 Å². The molecule has 1 saturated heterocycles. The fourth-order valence-electron chi connectivity index (χ4n) is 2.45. The summed E-state index contributed by atoms with van der Waals surface area (Å²) in [5.74, 6) is 0.917. The van der Waals surface area contributed by atoms with Gasteiger partial charge in [0.25, 0.3) is 0 Å². The van der Waals surface area contributed by atoms with Gasteiger partial charge in [-0.25, -0.2) is 0 Å². The normalized spacial score (nSPS) is 49.2. The summed E-state index contributed by atoms with van der Waals surface area (Å²) in [4.78, 5) is 2.46. The van der Waals surface area contributed by atoms with E-state index in [-0.39, 0.29) is 0 Å². The van der Waals surface area contributed by atoms with Crippen molar-refractivity contribution in [2.45, 2.75) is 44.8 Å². The van der Waals surface area contributed by atoms with E-state index in [1.54, 1.807) is 0 Å². The Bertz CT molecular complexity index is 173. The summed E-state index contributed by atoms with van der Waals surface area (Å²) in [6.45, 7) is 6.26. The Kier molecular flexibility index (Phi) is 1.92. The lowest BCUT2D eigenvalue weighted by atomic mass is 9.81. The lowest BCUT2D eigenvalue weighted by Gasteiger charge is -2.40. The third-order valence-electron chi connectivity index (χ3n) is 3.35. The number of rotatable bonds is 1. The van der Waals surface area contributed by atoms with Crippen LogP contribution in [-0.4, -0.2) is 34.7 Å². The third kappa shape index (κ3) is 1.50. The van der Waals surface area contributed by atoms with E-state index in [1.807, 2.05) is 6.92 Å². The summed E-state index contributed by atoms with van der Waals surface area (Å²) >= 11 is 0. The first-order chi connectivity index (χ1) is 5.57.